The van der Waals surface area contributed by atoms with Crippen LogP contribution in [0.25, 0.3) is 11.1 Å². The first kappa shape index (κ1) is 24.3. The van der Waals surface area contributed by atoms with E-state index >= 15 is 0 Å². The highest BCUT2D eigenvalue weighted by Crippen LogP contribution is 2.36. The highest BCUT2D eigenvalue weighted by Gasteiger charge is 2.22. The number of rotatable bonds is 9. The summed E-state index contributed by atoms with van der Waals surface area (Å²) in [5, 5.41) is 5.87. The van der Waals surface area contributed by atoms with Crippen molar-refractivity contribution in [3.63, 3.8) is 0 Å². The molecule has 0 aliphatic rings. The van der Waals surface area contributed by atoms with Crippen LogP contribution in [0.4, 0.5) is 5.00 Å². The van der Waals surface area contributed by atoms with Gasteiger partial charge in [-0.1, -0.05) is 39.7 Å². The van der Waals surface area contributed by atoms with Crippen molar-refractivity contribution in [1.29, 1.82) is 0 Å². The predicted octanol–water partition coefficient (Wildman–Crippen LogP) is 7.11. The number of esters is 1. The van der Waals surface area contributed by atoms with Crippen molar-refractivity contribution in [2.45, 2.75) is 26.7 Å². The summed E-state index contributed by atoms with van der Waals surface area (Å²) in [5.74, 6) is 0.108. The van der Waals surface area contributed by atoms with Crippen LogP contribution in [-0.2, 0) is 9.53 Å². The Morgan fingerprint density at radius 2 is 1.91 bits per heavy atom. The van der Waals surface area contributed by atoms with E-state index in [4.69, 9.17) is 21.1 Å². The van der Waals surface area contributed by atoms with E-state index in [9.17, 15) is 9.59 Å². The average molecular weight is 537 g/mol. The fourth-order valence-corrected chi connectivity index (χ4v) is 4.54. The van der Waals surface area contributed by atoms with Gasteiger partial charge in [-0.2, -0.15) is 0 Å². The van der Waals surface area contributed by atoms with Gasteiger partial charge >= 0.3 is 5.97 Å². The third-order valence-corrected chi connectivity index (χ3v) is 6.28. The Kier molecular flexibility index (Phi) is 8.73. The van der Waals surface area contributed by atoms with Gasteiger partial charge in [0, 0.05) is 26.9 Å². The number of aryl methyl sites for hydroxylation is 1. The molecular weight excluding hydrogens is 514 g/mol. The Labute approximate surface area is 204 Å². The van der Waals surface area contributed by atoms with Gasteiger partial charge in [0.1, 0.15) is 16.3 Å². The molecule has 3 rings (SSSR count). The monoisotopic (exact) mass is 535 g/mol. The summed E-state index contributed by atoms with van der Waals surface area (Å²) in [7, 11) is 0. The van der Waals surface area contributed by atoms with Crippen LogP contribution >= 0.6 is 38.9 Å². The highest BCUT2D eigenvalue weighted by atomic mass is 79.9. The van der Waals surface area contributed by atoms with Crippen LogP contribution in [0.1, 0.15) is 35.7 Å². The number of halogens is 2. The normalized spacial score (nSPS) is 10.6. The Morgan fingerprint density at radius 1 is 1.16 bits per heavy atom. The molecule has 0 spiro atoms. The van der Waals surface area contributed by atoms with E-state index in [1.54, 1.807) is 13.0 Å². The van der Waals surface area contributed by atoms with Gasteiger partial charge in [-0.05, 0) is 61.7 Å². The van der Waals surface area contributed by atoms with Gasteiger partial charge in [-0.25, -0.2) is 4.79 Å². The lowest BCUT2D eigenvalue weighted by molar-refractivity contribution is -0.116. The molecular formula is C24H23BrClNO4S. The second-order valence-electron chi connectivity index (χ2n) is 6.99. The molecule has 32 heavy (non-hydrogen) atoms. The Morgan fingerprint density at radius 3 is 2.59 bits per heavy atom. The van der Waals surface area contributed by atoms with E-state index in [1.165, 1.54) is 11.3 Å². The quantitative estimate of drug-likeness (QED) is 0.234. The Balaban J connectivity index is 1.64. The zero-order valence-electron chi connectivity index (χ0n) is 17.7. The number of amides is 1. The molecule has 0 radical (unpaired) electrons. The van der Waals surface area contributed by atoms with Crippen LogP contribution in [-0.4, -0.2) is 25.1 Å². The number of nitrogens with one attached hydrogen (secondary N) is 1. The molecule has 0 unspecified atom stereocenters. The van der Waals surface area contributed by atoms with Crippen LogP contribution < -0.4 is 10.1 Å². The van der Waals surface area contributed by atoms with Gasteiger partial charge in [0.05, 0.1) is 13.2 Å². The van der Waals surface area contributed by atoms with Crippen molar-refractivity contribution in [3.05, 3.63) is 68.5 Å². The van der Waals surface area contributed by atoms with Crippen LogP contribution in [0.15, 0.2) is 52.3 Å². The standard InChI is InChI=1S/C24H23BrClNO4S/c1-3-30-24(29)22-19(16-6-8-17(25)9-7-16)14-32-23(22)27-21(28)5-4-12-31-20-11-10-18(26)13-15(20)2/h6-11,13-14H,3-5,12H2,1-2H3,(H,27,28). The summed E-state index contributed by atoms with van der Waals surface area (Å²) in [6.07, 6.45) is 0.800. The van der Waals surface area contributed by atoms with Gasteiger partial charge < -0.3 is 14.8 Å². The summed E-state index contributed by atoms with van der Waals surface area (Å²) in [6, 6.07) is 13.1. The SMILES string of the molecule is CCOC(=O)c1c(-c2ccc(Br)cc2)csc1NC(=O)CCCOc1ccc(Cl)cc1C. The van der Waals surface area contributed by atoms with Crippen LogP contribution in [0.5, 0.6) is 5.75 Å². The first-order valence-corrected chi connectivity index (χ1v) is 12.2. The van der Waals surface area contributed by atoms with E-state index < -0.39 is 5.97 Å². The maximum atomic E-state index is 12.6. The third kappa shape index (κ3) is 6.34. The van der Waals surface area contributed by atoms with Crippen molar-refractivity contribution in [2.24, 2.45) is 0 Å². The van der Waals surface area contributed by atoms with E-state index in [2.05, 4.69) is 21.2 Å². The second-order valence-corrected chi connectivity index (χ2v) is 9.22. The van der Waals surface area contributed by atoms with Crippen LogP contribution in [0.2, 0.25) is 5.02 Å². The summed E-state index contributed by atoms with van der Waals surface area (Å²) in [4.78, 5) is 25.2. The fourth-order valence-electron chi connectivity index (χ4n) is 3.08. The Hall–Kier alpha value is -2.35. The molecule has 0 atom stereocenters. The zero-order valence-corrected chi connectivity index (χ0v) is 20.9. The fraction of sp³-hybridized carbons (Fsp3) is 0.250. The van der Waals surface area contributed by atoms with E-state index in [0.717, 1.165) is 26.9 Å². The number of ether oxygens (including phenoxy) is 2. The lowest BCUT2D eigenvalue weighted by atomic mass is 10.0. The molecule has 168 valence electrons. The first-order valence-electron chi connectivity index (χ1n) is 10.1. The molecule has 3 aromatic rings. The third-order valence-electron chi connectivity index (χ3n) is 4.62. The average Bonchev–Trinajstić information content (AvgIpc) is 3.16. The van der Waals surface area contributed by atoms with Crippen LogP contribution in [0.3, 0.4) is 0 Å². The van der Waals surface area contributed by atoms with Crippen molar-refractivity contribution in [1.82, 2.24) is 0 Å². The van der Waals surface area contributed by atoms with E-state index in [0.29, 0.717) is 28.6 Å². The number of benzene rings is 2. The molecule has 1 amide bonds. The number of carbonyl (C=O) groups is 2. The van der Waals surface area contributed by atoms with E-state index in [-0.39, 0.29) is 18.9 Å². The van der Waals surface area contributed by atoms with Crippen molar-refractivity contribution < 1.29 is 19.1 Å². The predicted molar refractivity (Wildman–Crippen MR) is 133 cm³/mol. The molecule has 0 saturated carbocycles. The van der Waals surface area contributed by atoms with Gasteiger partial charge in [0.2, 0.25) is 5.91 Å². The zero-order chi connectivity index (χ0) is 23.1. The molecule has 0 aliphatic heterocycles. The molecule has 5 nitrogen and oxygen atoms in total. The minimum absolute atomic E-state index is 0.184. The smallest absolute Gasteiger partial charge is 0.341 e. The summed E-state index contributed by atoms with van der Waals surface area (Å²) < 4.78 is 11.9. The van der Waals surface area contributed by atoms with Gasteiger partial charge in [0.15, 0.2) is 0 Å². The molecule has 1 aromatic heterocycles. The Bertz CT molecular complexity index is 1100. The lowest BCUT2D eigenvalue weighted by Crippen LogP contribution is -2.15. The lowest BCUT2D eigenvalue weighted by Gasteiger charge is -2.10. The summed E-state index contributed by atoms with van der Waals surface area (Å²) in [6.45, 7) is 4.33. The van der Waals surface area contributed by atoms with Crippen molar-refractivity contribution in [3.8, 4) is 16.9 Å². The van der Waals surface area contributed by atoms with Crippen molar-refractivity contribution in [2.75, 3.05) is 18.5 Å². The summed E-state index contributed by atoms with van der Waals surface area (Å²) >= 11 is 10.7. The first-order chi connectivity index (χ1) is 15.4. The maximum absolute atomic E-state index is 12.6. The molecule has 0 fully saturated rings. The second kappa shape index (κ2) is 11.5. The molecule has 8 heteroatoms. The van der Waals surface area contributed by atoms with Crippen LogP contribution in [0, 0.1) is 6.92 Å². The molecule has 0 saturated heterocycles. The molecule has 0 bridgehead atoms. The van der Waals surface area contributed by atoms with E-state index in [1.807, 2.05) is 48.7 Å². The minimum Gasteiger partial charge on any atom is -0.493 e. The largest absolute Gasteiger partial charge is 0.493 e. The molecule has 0 aliphatic carbocycles. The number of thiophene rings is 1. The van der Waals surface area contributed by atoms with Gasteiger partial charge in [-0.3, -0.25) is 4.79 Å². The van der Waals surface area contributed by atoms with Gasteiger partial charge in [0.25, 0.3) is 0 Å². The molecule has 1 heterocycles. The topological polar surface area (TPSA) is 64.6 Å². The molecule has 2 aromatic carbocycles. The molecule has 1 N–H and O–H groups in total. The maximum Gasteiger partial charge on any atom is 0.341 e. The highest BCUT2D eigenvalue weighted by molar-refractivity contribution is 9.10. The number of hydrogen-bond donors (Lipinski definition) is 1. The number of anilines is 1. The minimum atomic E-state index is -0.455. The number of carbonyl (C=O) groups excluding carboxylic acids is 2. The number of hydrogen-bond acceptors (Lipinski definition) is 5. The summed E-state index contributed by atoms with van der Waals surface area (Å²) in [5.41, 5.74) is 2.93. The van der Waals surface area contributed by atoms with Gasteiger partial charge in [-0.15, -0.1) is 11.3 Å². The van der Waals surface area contributed by atoms with Crippen molar-refractivity contribution >= 4 is 55.7 Å².